The van der Waals surface area contributed by atoms with Crippen LogP contribution in [-0.2, 0) is 0 Å². The van der Waals surface area contributed by atoms with Gasteiger partial charge in [0.15, 0.2) is 0 Å². The fourth-order valence-electron chi connectivity index (χ4n) is 0.144. The van der Waals surface area contributed by atoms with Gasteiger partial charge in [0.05, 0.1) is 0 Å². The molecule has 0 aromatic carbocycles. The van der Waals surface area contributed by atoms with Crippen molar-refractivity contribution in [2.75, 3.05) is 4.93 Å². The van der Waals surface area contributed by atoms with Crippen LogP contribution in [0.3, 0.4) is 0 Å². The number of alkyl halides is 2. The van der Waals surface area contributed by atoms with Crippen LogP contribution in [0.15, 0.2) is 10.2 Å². The van der Waals surface area contributed by atoms with Crippen LogP contribution in [0.1, 0.15) is 6.92 Å². The molecule has 3 heteroatoms. The van der Waals surface area contributed by atoms with Crippen LogP contribution >= 0.6 is 0 Å². The first-order valence-electron chi connectivity index (χ1n) is 1.71. The Labute approximate surface area is 47.3 Å². The monoisotopic (exact) mass is 197 g/mol. The number of hydrogen-bond donors (Lipinski definition) is 0. The molecular weight excluding hydrogens is 191 g/mol. The van der Waals surface area contributed by atoms with Crippen LogP contribution in [0.4, 0.5) is 0 Å². The van der Waals surface area contributed by atoms with Crippen molar-refractivity contribution in [2.24, 2.45) is 10.2 Å². The molecule has 36 valence electrons. The Kier molecular flexibility index (Phi) is 0.859. The van der Waals surface area contributed by atoms with E-state index in [-0.39, 0.29) is 24.9 Å². The number of halogens is 1. The molecule has 6 heavy (non-hydrogen) atoms. The standard InChI is InChI=1S/C3H6IN2/c1-3(4-2)5-6-3/h1-2H3/q-1. The first kappa shape index (κ1) is 4.49. The maximum absolute atomic E-state index is 3.83. The Hall–Kier alpha value is 0.330. The van der Waals surface area contributed by atoms with Gasteiger partial charge in [0, 0.05) is 0 Å². The minimum atomic E-state index is 0.152. The normalized spacial score (nSPS) is 25.0. The molecule has 1 aliphatic heterocycles. The van der Waals surface area contributed by atoms with Crippen molar-refractivity contribution in [1.82, 2.24) is 0 Å². The Morgan fingerprint density at radius 3 is 2.00 bits per heavy atom. The molecule has 0 N–H and O–H groups in total. The first-order valence-corrected chi connectivity index (χ1v) is 4.95. The van der Waals surface area contributed by atoms with E-state index in [0.717, 1.165) is 0 Å². The van der Waals surface area contributed by atoms with Gasteiger partial charge in [-0.05, 0) is 0 Å². The molecule has 0 amide bonds. The van der Waals surface area contributed by atoms with Crippen molar-refractivity contribution in [3.63, 3.8) is 0 Å². The zero-order chi connectivity index (χ0) is 4.62. The molecule has 0 atom stereocenters. The Bertz CT molecular complexity index is 82.8. The van der Waals surface area contributed by atoms with Crippen molar-refractivity contribution in [2.45, 2.75) is 10.6 Å². The summed E-state index contributed by atoms with van der Waals surface area (Å²) in [5, 5.41) is 7.65. The SMILES string of the molecule is C[I-]C1(C)N=N1. The van der Waals surface area contributed by atoms with Gasteiger partial charge in [-0.3, -0.25) is 0 Å². The van der Waals surface area contributed by atoms with Crippen molar-refractivity contribution in [3.05, 3.63) is 0 Å². The van der Waals surface area contributed by atoms with E-state index >= 15 is 0 Å². The van der Waals surface area contributed by atoms with Crippen LogP contribution < -0.4 is 21.2 Å². The van der Waals surface area contributed by atoms with Crippen molar-refractivity contribution in [3.8, 4) is 0 Å². The van der Waals surface area contributed by atoms with Gasteiger partial charge >= 0.3 is 47.0 Å². The zero-order valence-electron chi connectivity index (χ0n) is 3.77. The summed E-state index contributed by atoms with van der Waals surface area (Å²) in [6, 6.07) is 0. The number of rotatable bonds is 1. The second-order valence-electron chi connectivity index (χ2n) is 1.29. The molecule has 1 heterocycles. The van der Waals surface area contributed by atoms with E-state index in [4.69, 9.17) is 0 Å². The fraction of sp³-hybridized carbons (Fsp3) is 1.00. The van der Waals surface area contributed by atoms with Gasteiger partial charge < -0.3 is 0 Å². The van der Waals surface area contributed by atoms with E-state index in [9.17, 15) is 0 Å². The predicted octanol–water partition coefficient (Wildman–Crippen LogP) is -2.16. The second kappa shape index (κ2) is 1.15. The Morgan fingerprint density at radius 1 is 1.50 bits per heavy atom. The molecular formula is C3H6IN2-. The molecule has 0 radical (unpaired) electrons. The van der Waals surface area contributed by atoms with E-state index in [2.05, 4.69) is 22.1 Å². The average Bonchev–Trinajstić information content (AvgIpc) is 2.22. The molecule has 2 nitrogen and oxygen atoms in total. The Morgan fingerprint density at radius 2 is 2.00 bits per heavy atom. The molecule has 0 saturated heterocycles. The summed E-state index contributed by atoms with van der Waals surface area (Å²) in [5.74, 6) is 0. The molecule has 0 unspecified atom stereocenters. The van der Waals surface area contributed by atoms with Crippen LogP contribution in [0.5, 0.6) is 0 Å². The van der Waals surface area contributed by atoms with Gasteiger partial charge in [0.25, 0.3) is 0 Å². The van der Waals surface area contributed by atoms with E-state index in [0.29, 0.717) is 0 Å². The summed E-state index contributed by atoms with van der Waals surface area (Å²) in [7, 11) is 0. The van der Waals surface area contributed by atoms with E-state index in [1.54, 1.807) is 0 Å². The zero-order valence-corrected chi connectivity index (χ0v) is 5.93. The quantitative estimate of drug-likeness (QED) is 0.260. The topological polar surface area (TPSA) is 24.7 Å². The first-order chi connectivity index (χ1) is 2.77. The third kappa shape index (κ3) is 0.692. The van der Waals surface area contributed by atoms with Crippen LogP contribution in [0.2, 0.25) is 0 Å². The van der Waals surface area contributed by atoms with E-state index in [1.807, 2.05) is 0 Å². The molecule has 0 aliphatic carbocycles. The summed E-state index contributed by atoms with van der Waals surface area (Å²) in [4.78, 5) is 2.19. The van der Waals surface area contributed by atoms with E-state index in [1.165, 1.54) is 0 Å². The molecule has 0 spiro atoms. The molecule has 0 fully saturated rings. The predicted molar refractivity (Wildman–Crippen MR) is 19.2 cm³/mol. The summed E-state index contributed by atoms with van der Waals surface area (Å²) >= 11 is 0.242. The van der Waals surface area contributed by atoms with E-state index < -0.39 is 0 Å². The van der Waals surface area contributed by atoms with Gasteiger partial charge in [0.2, 0.25) is 0 Å². The van der Waals surface area contributed by atoms with Gasteiger partial charge in [0.1, 0.15) is 0 Å². The third-order valence-corrected chi connectivity index (χ3v) is 3.21. The summed E-state index contributed by atoms with van der Waals surface area (Å²) < 4.78 is 0.152. The van der Waals surface area contributed by atoms with Crippen LogP contribution in [0, 0.1) is 0 Å². The molecule has 0 aromatic heterocycles. The Balaban J connectivity index is 2.32. The second-order valence-corrected chi connectivity index (χ2v) is 4.42. The summed E-state index contributed by atoms with van der Waals surface area (Å²) in [6.45, 7) is 2.07. The summed E-state index contributed by atoms with van der Waals surface area (Å²) in [5.41, 5.74) is 0. The van der Waals surface area contributed by atoms with Gasteiger partial charge in [-0.15, -0.1) is 0 Å². The van der Waals surface area contributed by atoms with Crippen LogP contribution in [-0.4, -0.2) is 8.60 Å². The molecule has 0 saturated carbocycles. The van der Waals surface area contributed by atoms with Crippen molar-refractivity contribution < 1.29 is 21.2 Å². The molecule has 1 rings (SSSR count). The number of nitrogens with zero attached hydrogens (tertiary/aromatic N) is 2. The van der Waals surface area contributed by atoms with Crippen LogP contribution in [0.25, 0.3) is 0 Å². The number of hydrogen-bond acceptors (Lipinski definition) is 2. The van der Waals surface area contributed by atoms with Gasteiger partial charge in [-0.25, -0.2) is 0 Å². The van der Waals surface area contributed by atoms with Crippen molar-refractivity contribution in [1.29, 1.82) is 0 Å². The third-order valence-electron chi connectivity index (χ3n) is 0.734. The average molecular weight is 197 g/mol. The molecule has 1 aliphatic rings. The van der Waals surface area contributed by atoms with Gasteiger partial charge in [-0.1, -0.05) is 0 Å². The minimum absolute atomic E-state index is 0.152. The molecule has 0 bridgehead atoms. The fourth-order valence-corrected chi connectivity index (χ4v) is 0.684. The summed E-state index contributed by atoms with van der Waals surface area (Å²) in [6.07, 6.45) is 0. The van der Waals surface area contributed by atoms with Gasteiger partial charge in [-0.2, -0.15) is 0 Å². The maximum atomic E-state index is 3.83. The van der Waals surface area contributed by atoms with Crippen molar-refractivity contribution >= 4 is 0 Å². The molecule has 0 aromatic rings.